The summed E-state index contributed by atoms with van der Waals surface area (Å²) in [5.41, 5.74) is 3.11. The number of aromatic nitrogens is 5. The van der Waals surface area contributed by atoms with E-state index in [0.29, 0.717) is 24.7 Å². The van der Waals surface area contributed by atoms with E-state index in [0.717, 1.165) is 48.1 Å². The average molecular weight is 378 g/mol. The quantitative estimate of drug-likeness (QED) is 0.526. The largest absolute Gasteiger partial charge is 0.472 e. The average Bonchev–Trinajstić information content (AvgIpc) is 3.51. The van der Waals surface area contributed by atoms with Crippen molar-refractivity contribution < 1.29 is 13.7 Å². The third-order valence-corrected chi connectivity index (χ3v) is 4.96. The molecule has 5 rings (SSSR count). The molecule has 0 N–H and O–H groups in total. The molecule has 142 valence electrons. The molecule has 0 radical (unpaired) electrons. The monoisotopic (exact) mass is 378 g/mol. The van der Waals surface area contributed by atoms with Crippen LogP contribution in [0.1, 0.15) is 19.3 Å². The molecule has 9 nitrogen and oxygen atoms in total. The van der Waals surface area contributed by atoms with Gasteiger partial charge in [0.15, 0.2) is 0 Å². The van der Waals surface area contributed by atoms with Gasteiger partial charge >= 0.3 is 0 Å². The molecule has 0 bridgehead atoms. The molecule has 1 aliphatic rings. The highest BCUT2D eigenvalue weighted by atomic mass is 16.5. The first-order valence-electron chi connectivity index (χ1n) is 9.25. The zero-order chi connectivity index (χ0) is 18.9. The molecule has 28 heavy (non-hydrogen) atoms. The van der Waals surface area contributed by atoms with Crippen LogP contribution in [0, 0.1) is 0 Å². The van der Waals surface area contributed by atoms with Crippen LogP contribution >= 0.6 is 0 Å². The Morgan fingerprint density at radius 3 is 2.86 bits per heavy atom. The van der Waals surface area contributed by atoms with Gasteiger partial charge in [0.2, 0.25) is 11.7 Å². The first-order valence-corrected chi connectivity index (χ1v) is 9.25. The molecular formula is C19H18N6O3. The highest BCUT2D eigenvalue weighted by Gasteiger charge is 2.18. The molecule has 3 aromatic heterocycles. The van der Waals surface area contributed by atoms with Crippen LogP contribution in [-0.2, 0) is 11.3 Å². The predicted molar refractivity (Wildman–Crippen MR) is 99.0 cm³/mol. The van der Waals surface area contributed by atoms with Crippen LogP contribution in [-0.4, -0.2) is 49.0 Å². The number of carbonyl (C=O) groups excluding carboxylic acids is 1. The summed E-state index contributed by atoms with van der Waals surface area (Å²) in [6, 6.07) is 7.44. The molecule has 0 aliphatic carbocycles. The molecule has 0 unspecified atom stereocenters. The van der Waals surface area contributed by atoms with Gasteiger partial charge in [-0.15, -0.1) is 5.10 Å². The van der Waals surface area contributed by atoms with Crippen molar-refractivity contribution in [1.82, 2.24) is 30.0 Å². The number of amides is 1. The van der Waals surface area contributed by atoms with E-state index in [2.05, 4.69) is 20.5 Å². The maximum atomic E-state index is 12.2. The molecule has 9 heteroatoms. The molecule has 0 spiro atoms. The Morgan fingerprint density at radius 2 is 2.04 bits per heavy atom. The second-order valence-electron chi connectivity index (χ2n) is 6.79. The summed E-state index contributed by atoms with van der Waals surface area (Å²) in [5, 5.41) is 12.4. The van der Waals surface area contributed by atoms with Gasteiger partial charge in [-0.3, -0.25) is 4.79 Å². The predicted octanol–water partition coefficient (Wildman–Crippen LogP) is 2.75. The Morgan fingerprint density at radius 1 is 1.14 bits per heavy atom. The van der Waals surface area contributed by atoms with Crippen LogP contribution in [0.3, 0.4) is 0 Å². The van der Waals surface area contributed by atoms with Crippen LogP contribution in [0.15, 0.2) is 45.7 Å². The number of carbonyl (C=O) groups is 1. The van der Waals surface area contributed by atoms with Crippen molar-refractivity contribution in [1.29, 1.82) is 0 Å². The van der Waals surface area contributed by atoms with E-state index in [-0.39, 0.29) is 5.91 Å². The Bertz CT molecular complexity index is 1110. The third-order valence-electron chi connectivity index (χ3n) is 4.96. The van der Waals surface area contributed by atoms with E-state index in [4.69, 9.17) is 8.94 Å². The smallest absolute Gasteiger partial charge is 0.261 e. The Hall–Kier alpha value is -3.49. The molecule has 1 saturated heterocycles. The lowest BCUT2D eigenvalue weighted by molar-refractivity contribution is -0.130. The van der Waals surface area contributed by atoms with E-state index in [1.807, 2.05) is 23.1 Å². The lowest BCUT2D eigenvalue weighted by Gasteiger charge is -2.14. The highest BCUT2D eigenvalue weighted by Crippen LogP contribution is 2.25. The van der Waals surface area contributed by atoms with Crippen molar-refractivity contribution in [2.45, 2.75) is 25.8 Å². The van der Waals surface area contributed by atoms with Gasteiger partial charge < -0.3 is 13.8 Å². The maximum Gasteiger partial charge on any atom is 0.261 e. The Balaban J connectivity index is 1.34. The van der Waals surface area contributed by atoms with Crippen LogP contribution < -0.4 is 0 Å². The molecule has 0 saturated carbocycles. The highest BCUT2D eigenvalue weighted by molar-refractivity contribution is 5.80. The zero-order valence-electron chi connectivity index (χ0n) is 15.1. The molecule has 1 aromatic carbocycles. The van der Waals surface area contributed by atoms with Gasteiger partial charge in [-0.05, 0) is 37.1 Å². The van der Waals surface area contributed by atoms with Crippen LogP contribution in [0.25, 0.3) is 33.9 Å². The summed E-state index contributed by atoms with van der Waals surface area (Å²) in [6.07, 6.45) is 5.73. The molecule has 1 amide bonds. The fourth-order valence-electron chi connectivity index (χ4n) is 3.45. The molecule has 1 fully saturated rings. The first kappa shape index (κ1) is 16.7. The van der Waals surface area contributed by atoms with Crippen molar-refractivity contribution in [3.05, 3.63) is 36.8 Å². The third kappa shape index (κ3) is 3.04. The second kappa shape index (κ2) is 6.91. The minimum absolute atomic E-state index is 0.177. The van der Waals surface area contributed by atoms with Crippen molar-refractivity contribution in [3.63, 3.8) is 0 Å². The number of fused-ring (bicyclic) bond motifs is 1. The lowest BCUT2D eigenvalue weighted by atomic mass is 10.2. The van der Waals surface area contributed by atoms with Gasteiger partial charge in [0, 0.05) is 25.1 Å². The van der Waals surface area contributed by atoms with E-state index >= 15 is 0 Å². The minimum atomic E-state index is 0.177. The normalized spacial score (nSPS) is 14.2. The van der Waals surface area contributed by atoms with Gasteiger partial charge in [0.1, 0.15) is 11.8 Å². The topological polar surface area (TPSA) is 103 Å². The number of hydrogen-bond donors (Lipinski definition) is 0. The molecule has 4 aromatic rings. The number of aryl methyl sites for hydroxylation is 1. The van der Waals surface area contributed by atoms with Crippen molar-refractivity contribution in [2.75, 3.05) is 13.1 Å². The fraction of sp³-hybridized carbons (Fsp3) is 0.316. The standard InChI is InChI=1S/C19H18N6O3/c26-17(24-7-1-2-8-24)5-9-25-16-4-3-13(11-15(16)21-23-25)18-20-19(28-22-18)14-6-10-27-12-14/h3-4,6,10-12H,1-2,5,7-9H2. The van der Waals surface area contributed by atoms with Crippen molar-refractivity contribution in [3.8, 4) is 22.8 Å². The number of benzene rings is 1. The number of nitrogens with zero attached hydrogens (tertiary/aromatic N) is 6. The first-order chi connectivity index (χ1) is 13.8. The number of likely N-dealkylation sites (tertiary alicyclic amines) is 1. The number of hydrogen-bond acceptors (Lipinski definition) is 7. The van der Waals surface area contributed by atoms with Gasteiger partial charge in [-0.25, -0.2) is 4.68 Å². The summed E-state index contributed by atoms with van der Waals surface area (Å²) in [6.45, 7) is 2.25. The van der Waals surface area contributed by atoms with E-state index < -0.39 is 0 Å². The van der Waals surface area contributed by atoms with Crippen LogP contribution in [0.2, 0.25) is 0 Å². The van der Waals surface area contributed by atoms with Gasteiger partial charge in [0.05, 0.1) is 23.9 Å². The van der Waals surface area contributed by atoms with Gasteiger partial charge in [0.25, 0.3) is 5.89 Å². The molecule has 0 atom stereocenters. The summed E-state index contributed by atoms with van der Waals surface area (Å²) in [4.78, 5) is 18.6. The summed E-state index contributed by atoms with van der Waals surface area (Å²) in [7, 11) is 0. The van der Waals surface area contributed by atoms with Crippen molar-refractivity contribution >= 4 is 16.9 Å². The summed E-state index contributed by atoms with van der Waals surface area (Å²) < 4.78 is 12.1. The van der Waals surface area contributed by atoms with Gasteiger partial charge in [-0.1, -0.05) is 10.4 Å². The van der Waals surface area contributed by atoms with E-state index in [9.17, 15) is 4.79 Å². The number of rotatable bonds is 5. The maximum absolute atomic E-state index is 12.2. The molecular weight excluding hydrogens is 360 g/mol. The summed E-state index contributed by atoms with van der Waals surface area (Å²) >= 11 is 0. The Kier molecular flexibility index (Phi) is 4.12. The van der Waals surface area contributed by atoms with Crippen LogP contribution in [0.4, 0.5) is 0 Å². The van der Waals surface area contributed by atoms with E-state index in [1.165, 1.54) is 0 Å². The fourth-order valence-corrected chi connectivity index (χ4v) is 3.45. The lowest BCUT2D eigenvalue weighted by Crippen LogP contribution is -2.28. The van der Waals surface area contributed by atoms with Crippen LogP contribution in [0.5, 0.6) is 0 Å². The number of furan rings is 1. The van der Waals surface area contributed by atoms with Gasteiger partial charge in [-0.2, -0.15) is 4.98 Å². The SMILES string of the molecule is O=C(CCn1nnc2cc(-c3noc(-c4ccoc4)n3)ccc21)N1CCCC1. The Labute approximate surface area is 159 Å². The summed E-state index contributed by atoms with van der Waals surface area (Å²) in [5.74, 6) is 1.04. The minimum Gasteiger partial charge on any atom is -0.472 e. The molecule has 1 aliphatic heterocycles. The zero-order valence-corrected chi connectivity index (χ0v) is 15.1. The van der Waals surface area contributed by atoms with E-state index in [1.54, 1.807) is 23.3 Å². The molecule has 4 heterocycles. The van der Waals surface area contributed by atoms with Crippen molar-refractivity contribution in [2.24, 2.45) is 0 Å². The second-order valence-corrected chi connectivity index (χ2v) is 6.79.